The average molecular weight is 245 g/mol. The van der Waals surface area contributed by atoms with Gasteiger partial charge >= 0.3 is 0 Å². The molecule has 0 aliphatic heterocycles. The average Bonchev–Trinajstić information content (AvgIpc) is 2.66. The quantitative estimate of drug-likeness (QED) is 0.778. The molecule has 0 spiro atoms. The predicted molar refractivity (Wildman–Crippen MR) is 62.0 cm³/mol. The molecule has 0 aliphatic carbocycles. The molecule has 1 heterocycles. The summed E-state index contributed by atoms with van der Waals surface area (Å²) < 4.78 is 0. The lowest BCUT2D eigenvalue weighted by Gasteiger charge is -2.03. The molecule has 1 aromatic heterocycles. The second-order valence-electron chi connectivity index (χ2n) is 2.73. The van der Waals surface area contributed by atoms with Gasteiger partial charge in [-0.25, -0.2) is 4.98 Å². The van der Waals surface area contributed by atoms with Crippen molar-refractivity contribution < 1.29 is 0 Å². The summed E-state index contributed by atoms with van der Waals surface area (Å²) in [4.78, 5) is 4.16. The lowest BCUT2D eigenvalue weighted by molar-refractivity contribution is 1.41. The number of anilines is 1. The van der Waals surface area contributed by atoms with Gasteiger partial charge in [0.25, 0.3) is 0 Å². The molecule has 0 saturated carbocycles. The number of hydrogen-bond acceptors (Lipinski definition) is 3. The van der Waals surface area contributed by atoms with E-state index in [2.05, 4.69) is 4.98 Å². The van der Waals surface area contributed by atoms with Crippen LogP contribution in [0, 0.1) is 0 Å². The minimum Gasteiger partial charge on any atom is -0.396 e. The number of halogens is 2. The summed E-state index contributed by atoms with van der Waals surface area (Å²) in [6.07, 6.45) is 0. The molecule has 2 aromatic rings. The Labute approximate surface area is 95.3 Å². The first kappa shape index (κ1) is 9.77. The molecule has 0 atom stereocenters. The van der Waals surface area contributed by atoms with Crippen LogP contribution in [0.1, 0.15) is 0 Å². The number of thiazole rings is 1. The molecule has 0 fully saturated rings. The van der Waals surface area contributed by atoms with Gasteiger partial charge in [-0.05, 0) is 12.1 Å². The van der Waals surface area contributed by atoms with Crippen LogP contribution < -0.4 is 5.73 Å². The highest BCUT2D eigenvalue weighted by Gasteiger charge is 2.07. The Morgan fingerprint density at radius 3 is 2.36 bits per heavy atom. The first-order valence-corrected chi connectivity index (χ1v) is 5.51. The highest BCUT2D eigenvalue weighted by atomic mass is 35.5. The van der Waals surface area contributed by atoms with E-state index in [1.165, 1.54) is 11.3 Å². The molecule has 72 valence electrons. The Balaban J connectivity index is 2.57. The van der Waals surface area contributed by atoms with Crippen molar-refractivity contribution in [2.75, 3.05) is 5.73 Å². The van der Waals surface area contributed by atoms with E-state index in [1.807, 2.05) is 5.38 Å². The smallest absolute Gasteiger partial charge is 0.0812 e. The van der Waals surface area contributed by atoms with Crippen LogP contribution in [-0.4, -0.2) is 4.98 Å². The van der Waals surface area contributed by atoms with E-state index in [-0.39, 0.29) is 0 Å². The summed E-state index contributed by atoms with van der Waals surface area (Å²) in [6, 6.07) is 3.52. The molecule has 2 rings (SSSR count). The van der Waals surface area contributed by atoms with Crippen molar-refractivity contribution in [3.8, 4) is 11.3 Å². The number of aromatic nitrogens is 1. The number of hydrogen-bond donors (Lipinski definition) is 1. The van der Waals surface area contributed by atoms with Gasteiger partial charge in [0.15, 0.2) is 0 Å². The van der Waals surface area contributed by atoms with Gasteiger partial charge in [0.1, 0.15) is 0 Å². The third-order valence-corrected chi connectivity index (χ3v) is 3.02. The van der Waals surface area contributed by atoms with Crippen molar-refractivity contribution in [1.82, 2.24) is 4.98 Å². The monoisotopic (exact) mass is 244 g/mol. The molecular formula is C9H6Cl2N2S. The van der Waals surface area contributed by atoms with Gasteiger partial charge < -0.3 is 5.73 Å². The number of nitrogen functional groups attached to an aromatic ring is 1. The van der Waals surface area contributed by atoms with E-state index in [1.54, 1.807) is 17.6 Å². The van der Waals surface area contributed by atoms with E-state index in [0.717, 1.165) is 11.3 Å². The minimum absolute atomic E-state index is 0.410. The van der Waals surface area contributed by atoms with Crippen LogP contribution in [0.15, 0.2) is 23.0 Å². The zero-order valence-electron chi connectivity index (χ0n) is 7.00. The number of benzene rings is 1. The molecule has 5 heteroatoms. The third-order valence-electron chi connectivity index (χ3n) is 1.81. The Morgan fingerprint density at radius 2 is 1.86 bits per heavy atom. The molecule has 14 heavy (non-hydrogen) atoms. The van der Waals surface area contributed by atoms with E-state index < -0.39 is 0 Å². The molecule has 0 unspecified atom stereocenters. The summed E-state index contributed by atoms with van der Waals surface area (Å²) >= 11 is 13.3. The second-order valence-corrected chi connectivity index (χ2v) is 4.26. The van der Waals surface area contributed by atoms with Crippen LogP contribution in [0.2, 0.25) is 10.0 Å². The van der Waals surface area contributed by atoms with Crippen LogP contribution in [0.5, 0.6) is 0 Å². The fourth-order valence-electron chi connectivity index (χ4n) is 1.09. The summed E-state index contributed by atoms with van der Waals surface area (Å²) in [7, 11) is 0. The molecular weight excluding hydrogens is 239 g/mol. The number of nitrogens with two attached hydrogens (primary N) is 1. The van der Waals surface area contributed by atoms with Gasteiger partial charge in [0.05, 0.1) is 26.9 Å². The van der Waals surface area contributed by atoms with Crippen LogP contribution in [0.25, 0.3) is 11.3 Å². The number of rotatable bonds is 1. The van der Waals surface area contributed by atoms with Gasteiger partial charge in [0.2, 0.25) is 0 Å². The van der Waals surface area contributed by atoms with Gasteiger partial charge in [-0.1, -0.05) is 23.2 Å². The molecule has 2 nitrogen and oxygen atoms in total. The largest absolute Gasteiger partial charge is 0.396 e. The molecule has 0 saturated heterocycles. The van der Waals surface area contributed by atoms with Crippen molar-refractivity contribution in [2.45, 2.75) is 0 Å². The zero-order chi connectivity index (χ0) is 10.1. The van der Waals surface area contributed by atoms with Crippen LogP contribution >= 0.6 is 34.5 Å². The topological polar surface area (TPSA) is 38.9 Å². The molecule has 0 aliphatic rings. The third kappa shape index (κ3) is 1.71. The number of nitrogens with zero attached hydrogens (tertiary/aromatic N) is 1. The lowest BCUT2D eigenvalue weighted by atomic mass is 10.1. The molecule has 0 radical (unpaired) electrons. The van der Waals surface area contributed by atoms with Crippen molar-refractivity contribution >= 4 is 40.2 Å². The van der Waals surface area contributed by atoms with E-state index in [0.29, 0.717) is 15.7 Å². The van der Waals surface area contributed by atoms with Crippen LogP contribution in [0.4, 0.5) is 5.69 Å². The fourth-order valence-corrected chi connectivity index (χ4v) is 2.14. The Morgan fingerprint density at radius 1 is 1.21 bits per heavy atom. The molecule has 1 aromatic carbocycles. The van der Waals surface area contributed by atoms with Gasteiger partial charge in [0, 0.05) is 10.9 Å². The first-order valence-electron chi connectivity index (χ1n) is 3.81. The van der Waals surface area contributed by atoms with Gasteiger partial charge in [-0.15, -0.1) is 11.3 Å². The van der Waals surface area contributed by atoms with E-state index in [9.17, 15) is 0 Å². The molecule has 2 N–H and O–H groups in total. The van der Waals surface area contributed by atoms with Crippen molar-refractivity contribution in [2.24, 2.45) is 0 Å². The van der Waals surface area contributed by atoms with Crippen LogP contribution in [0.3, 0.4) is 0 Å². The van der Waals surface area contributed by atoms with Crippen molar-refractivity contribution in [1.29, 1.82) is 0 Å². The predicted octanol–water partition coefficient (Wildman–Crippen LogP) is 3.70. The summed E-state index contributed by atoms with van der Waals surface area (Å²) in [5.41, 5.74) is 9.53. The highest BCUT2D eigenvalue weighted by molar-refractivity contribution is 7.07. The van der Waals surface area contributed by atoms with E-state index >= 15 is 0 Å². The van der Waals surface area contributed by atoms with Gasteiger partial charge in [-0.2, -0.15) is 0 Å². The van der Waals surface area contributed by atoms with Crippen LogP contribution in [-0.2, 0) is 0 Å². The zero-order valence-corrected chi connectivity index (χ0v) is 9.33. The summed E-state index contributed by atoms with van der Waals surface area (Å²) in [6.45, 7) is 0. The minimum atomic E-state index is 0.410. The Hall–Kier alpha value is -0.770. The standard InChI is InChI=1S/C9H6Cl2N2S/c10-6-1-5(2-7(11)9(6)12)8-3-14-4-13-8/h1-4H,12H2. The second kappa shape index (κ2) is 3.77. The highest BCUT2D eigenvalue weighted by Crippen LogP contribution is 2.33. The normalized spacial score (nSPS) is 10.4. The molecule has 0 bridgehead atoms. The van der Waals surface area contributed by atoms with Gasteiger partial charge in [-0.3, -0.25) is 0 Å². The Bertz CT molecular complexity index is 431. The fraction of sp³-hybridized carbons (Fsp3) is 0. The van der Waals surface area contributed by atoms with Crippen molar-refractivity contribution in [3.05, 3.63) is 33.1 Å². The maximum atomic E-state index is 5.90. The summed E-state index contributed by atoms with van der Waals surface area (Å²) in [5, 5.41) is 2.85. The lowest BCUT2D eigenvalue weighted by Crippen LogP contribution is -1.89. The Kier molecular flexibility index (Phi) is 2.63. The van der Waals surface area contributed by atoms with Crippen molar-refractivity contribution in [3.63, 3.8) is 0 Å². The SMILES string of the molecule is Nc1c(Cl)cc(-c2cscn2)cc1Cl. The summed E-state index contributed by atoms with van der Waals surface area (Å²) in [5.74, 6) is 0. The maximum Gasteiger partial charge on any atom is 0.0812 e. The maximum absolute atomic E-state index is 5.90. The van der Waals surface area contributed by atoms with E-state index in [4.69, 9.17) is 28.9 Å². The first-order chi connectivity index (χ1) is 6.68. The molecule has 0 amide bonds.